The van der Waals surface area contributed by atoms with Crippen molar-refractivity contribution in [3.05, 3.63) is 35.9 Å². The molecule has 1 fully saturated rings. The summed E-state index contributed by atoms with van der Waals surface area (Å²) >= 11 is 0. The molecule has 1 amide bonds. The second-order valence-electron chi connectivity index (χ2n) is 4.23. The van der Waals surface area contributed by atoms with Gasteiger partial charge in [0, 0.05) is 13.0 Å². The molecule has 1 unspecified atom stereocenters. The molecule has 1 aliphatic rings. The molecule has 5 heteroatoms. The minimum atomic E-state index is -1.00. The van der Waals surface area contributed by atoms with Crippen LogP contribution in [-0.2, 0) is 16.1 Å². The number of carbonyl (C=O) groups excluding carboxylic acids is 1. The second-order valence-corrected chi connectivity index (χ2v) is 4.23. The molecule has 96 valence electrons. The highest BCUT2D eigenvalue weighted by atomic mass is 16.5. The Hall–Kier alpha value is -1.88. The molecule has 2 rings (SSSR count). The van der Waals surface area contributed by atoms with Gasteiger partial charge >= 0.3 is 6.09 Å². The third kappa shape index (κ3) is 3.07. The average Bonchev–Trinajstić information content (AvgIpc) is 2.38. The van der Waals surface area contributed by atoms with Crippen LogP contribution in [0.3, 0.4) is 0 Å². The zero-order chi connectivity index (χ0) is 13.0. The fourth-order valence-corrected chi connectivity index (χ4v) is 1.89. The first kappa shape index (κ1) is 12.6. The van der Waals surface area contributed by atoms with Gasteiger partial charge in [0.15, 0.2) is 5.78 Å². The monoisotopic (exact) mass is 249 g/mol. The number of ether oxygens (including phenoxy) is 1. The first-order valence-corrected chi connectivity index (χ1v) is 5.83. The molecule has 1 aromatic rings. The number of hydrogen-bond acceptors (Lipinski definition) is 3. The molecular formula is C13H15NO4. The van der Waals surface area contributed by atoms with Crippen LogP contribution in [0.2, 0.25) is 0 Å². The molecule has 0 spiro atoms. The summed E-state index contributed by atoms with van der Waals surface area (Å²) < 4.78 is 5.51. The third-order valence-corrected chi connectivity index (χ3v) is 2.94. The lowest BCUT2D eigenvalue weighted by Gasteiger charge is -2.29. The fraction of sp³-hybridized carbons (Fsp3) is 0.385. The van der Waals surface area contributed by atoms with Gasteiger partial charge < -0.3 is 14.7 Å². The Balaban J connectivity index is 1.91. The molecule has 1 heterocycles. The molecule has 1 N–H and O–H groups in total. The number of ketones is 1. The molecule has 1 aromatic carbocycles. The van der Waals surface area contributed by atoms with Crippen LogP contribution in [0.4, 0.5) is 4.79 Å². The molecule has 1 aliphatic heterocycles. The van der Waals surface area contributed by atoms with Crippen LogP contribution in [0.1, 0.15) is 12.0 Å². The number of nitrogens with zero attached hydrogens (tertiary/aromatic N) is 1. The highest BCUT2D eigenvalue weighted by molar-refractivity contribution is 5.85. The number of Topliss-reactive ketones (excluding diaryl/α,β-unsaturated/α-hetero) is 1. The Bertz CT molecular complexity index is 432. The van der Waals surface area contributed by atoms with Gasteiger partial charge in [0.05, 0.1) is 13.2 Å². The zero-order valence-corrected chi connectivity index (χ0v) is 9.91. The van der Waals surface area contributed by atoms with Gasteiger partial charge in [0.2, 0.25) is 0 Å². The average molecular weight is 249 g/mol. The maximum absolute atomic E-state index is 11.6. The van der Waals surface area contributed by atoms with Crippen molar-refractivity contribution in [2.75, 3.05) is 13.1 Å². The number of carbonyl (C=O) groups is 2. The smallest absolute Gasteiger partial charge is 0.407 e. The molecule has 1 atom stereocenters. The Labute approximate surface area is 105 Å². The van der Waals surface area contributed by atoms with Crippen LogP contribution in [0.15, 0.2) is 30.3 Å². The van der Waals surface area contributed by atoms with Crippen molar-refractivity contribution >= 4 is 11.9 Å². The number of benzene rings is 1. The standard InChI is InChI=1S/C13H15NO4/c15-11-6-7-14(13(16)17)8-12(11)18-9-10-4-2-1-3-5-10/h1-5,12H,6-9H2,(H,16,17). The Morgan fingerprint density at radius 3 is 2.78 bits per heavy atom. The van der Waals surface area contributed by atoms with E-state index in [1.807, 2.05) is 30.3 Å². The summed E-state index contributed by atoms with van der Waals surface area (Å²) in [6.45, 7) is 0.713. The van der Waals surface area contributed by atoms with E-state index in [-0.39, 0.29) is 25.3 Å². The van der Waals surface area contributed by atoms with Crippen LogP contribution in [0, 0.1) is 0 Å². The van der Waals surface area contributed by atoms with Crippen molar-refractivity contribution in [3.63, 3.8) is 0 Å². The van der Waals surface area contributed by atoms with E-state index < -0.39 is 12.2 Å². The maximum Gasteiger partial charge on any atom is 0.407 e. The summed E-state index contributed by atoms with van der Waals surface area (Å²) in [4.78, 5) is 23.7. The summed E-state index contributed by atoms with van der Waals surface area (Å²) in [5, 5.41) is 8.89. The molecule has 0 bridgehead atoms. The predicted molar refractivity (Wildman–Crippen MR) is 64.2 cm³/mol. The van der Waals surface area contributed by atoms with Gasteiger partial charge in [0.25, 0.3) is 0 Å². The number of likely N-dealkylation sites (tertiary alicyclic amines) is 1. The second kappa shape index (κ2) is 5.64. The first-order chi connectivity index (χ1) is 8.66. The molecular weight excluding hydrogens is 234 g/mol. The molecule has 5 nitrogen and oxygen atoms in total. The highest BCUT2D eigenvalue weighted by Crippen LogP contribution is 2.12. The molecule has 0 radical (unpaired) electrons. The van der Waals surface area contributed by atoms with Crippen molar-refractivity contribution in [2.45, 2.75) is 19.1 Å². The number of rotatable bonds is 3. The van der Waals surface area contributed by atoms with Crippen molar-refractivity contribution in [2.24, 2.45) is 0 Å². The van der Waals surface area contributed by atoms with E-state index >= 15 is 0 Å². The molecule has 0 aromatic heterocycles. The summed E-state index contributed by atoms with van der Waals surface area (Å²) in [6, 6.07) is 9.50. The van der Waals surface area contributed by atoms with Crippen molar-refractivity contribution < 1.29 is 19.4 Å². The number of piperidine rings is 1. The lowest BCUT2D eigenvalue weighted by Crippen LogP contribution is -2.47. The van der Waals surface area contributed by atoms with E-state index in [4.69, 9.17) is 9.84 Å². The van der Waals surface area contributed by atoms with Crippen LogP contribution in [0.5, 0.6) is 0 Å². The van der Waals surface area contributed by atoms with Gasteiger partial charge in [0.1, 0.15) is 6.10 Å². The zero-order valence-electron chi connectivity index (χ0n) is 9.91. The van der Waals surface area contributed by atoms with E-state index in [0.717, 1.165) is 5.56 Å². The van der Waals surface area contributed by atoms with E-state index in [1.54, 1.807) is 0 Å². The van der Waals surface area contributed by atoms with Gasteiger partial charge in [-0.05, 0) is 5.56 Å². The normalized spacial score (nSPS) is 19.9. The van der Waals surface area contributed by atoms with Gasteiger partial charge in [-0.25, -0.2) is 4.79 Å². The van der Waals surface area contributed by atoms with Gasteiger partial charge in [-0.2, -0.15) is 0 Å². The van der Waals surface area contributed by atoms with Crippen molar-refractivity contribution in [1.29, 1.82) is 0 Å². The predicted octanol–water partition coefficient (Wildman–Crippen LogP) is 1.52. The first-order valence-electron chi connectivity index (χ1n) is 5.83. The van der Waals surface area contributed by atoms with Crippen LogP contribution < -0.4 is 0 Å². The Morgan fingerprint density at radius 1 is 1.39 bits per heavy atom. The van der Waals surface area contributed by atoms with Crippen LogP contribution in [0.25, 0.3) is 0 Å². The third-order valence-electron chi connectivity index (χ3n) is 2.94. The largest absolute Gasteiger partial charge is 0.465 e. The highest BCUT2D eigenvalue weighted by Gasteiger charge is 2.30. The van der Waals surface area contributed by atoms with Crippen molar-refractivity contribution in [1.82, 2.24) is 4.90 Å². The summed E-state index contributed by atoms with van der Waals surface area (Å²) in [7, 11) is 0. The lowest BCUT2D eigenvalue weighted by atomic mass is 10.1. The number of hydrogen-bond donors (Lipinski definition) is 1. The molecule has 0 aliphatic carbocycles. The van der Waals surface area contributed by atoms with Crippen molar-refractivity contribution in [3.8, 4) is 0 Å². The minimum absolute atomic E-state index is 0.0246. The molecule has 18 heavy (non-hydrogen) atoms. The van der Waals surface area contributed by atoms with Crippen LogP contribution in [-0.4, -0.2) is 41.1 Å². The van der Waals surface area contributed by atoms with Crippen LogP contribution >= 0.6 is 0 Å². The summed E-state index contributed by atoms with van der Waals surface area (Å²) in [5.41, 5.74) is 0.970. The molecule has 1 saturated heterocycles. The van der Waals surface area contributed by atoms with Gasteiger partial charge in [-0.15, -0.1) is 0 Å². The number of amides is 1. The summed E-state index contributed by atoms with van der Waals surface area (Å²) in [5.74, 6) is -0.0246. The SMILES string of the molecule is O=C1CCN(C(=O)O)CC1OCc1ccccc1. The Morgan fingerprint density at radius 2 is 2.11 bits per heavy atom. The van der Waals surface area contributed by atoms with E-state index in [2.05, 4.69) is 0 Å². The maximum atomic E-state index is 11.6. The number of carboxylic acid groups (broad SMARTS) is 1. The quantitative estimate of drug-likeness (QED) is 0.882. The van der Waals surface area contributed by atoms with Gasteiger partial charge in [-0.1, -0.05) is 30.3 Å². The molecule has 0 saturated carbocycles. The van der Waals surface area contributed by atoms with E-state index in [9.17, 15) is 9.59 Å². The topological polar surface area (TPSA) is 66.8 Å². The fourth-order valence-electron chi connectivity index (χ4n) is 1.89. The Kier molecular flexibility index (Phi) is 3.94. The lowest BCUT2D eigenvalue weighted by molar-refractivity contribution is -0.135. The summed E-state index contributed by atoms with van der Waals surface area (Å²) in [6.07, 6.45) is -1.42. The van der Waals surface area contributed by atoms with E-state index in [1.165, 1.54) is 4.90 Å². The van der Waals surface area contributed by atoms with E-state index in [0.29, 0.717) is 6.61 Å². The van der Waals surface area contributed by atoms with Gasteiger partial charge in [-0.3, -0.25) is 4.79 Å². The minimum Gasteiger partial charge on any atom is -0.465 e.